The van der Waals surface area contributed by atoms with Crippen LogP contribution in [0.1, 0.15) is 13.3 Å². The van der Waals surface area contributed by atoms with Crippen LogP contribution in [-0.2, 0) is 4.79 Å². The van der Waals surface area contributed by atoms with Gasteiger partial charge in [0.25, 0.3) is 0 Å². The molecule has 0 aromatic heterocycles. The number of nitrogens with one attached hydrogen (secondary N) is 2. The molecule has 0 saturated heterocycles. The van der Waals surface area contributed by atoms with Crippen LogP contribution in [0.3, 0.4) is 0 Å². The predicted molar refractivity (Wildman–Crippen MR) is 69.2 cm³/mol. The Kier molecular flexibility index (Phi) is 5.23. The number of carbonyl (C=O) groups is 1. The van der Waals surface area contributed by atoms with Gasteiger partial charge < -0.3 is 21.1 Å². The van der Waals surface area contributed by atoms with Crippen molar-refractivity contribution in [3.63, 3.8) is 0 Å². The summed E-state index contributed by atoms with van der Waals surface area (Å²) in [5.74, 6) is -0.563. The monoisotopic (exact) mass is 255 g/mol. The largest absolute Gasteiger partial charge is 0.490 e. The van der Waals surface area contributed by atoms with Gasteiger partial charge in [0.15, 0.2) is 11.6 Å². The molecule has 4 N–H and O–H groups in total. The van der Waals surface area contributed by atoms with Crippen molar-refractivity contribution in [1.82, 2.24) is 5.32 Å². The summed E-state index contributed by atoms with van der Waals surface area (Å²) in [5, 5.41) is 5.29. The van der Waals surface area contributed by atoms with Crippen molar-refractivity contribution in [3.8, 4) is 5.75 Å². The standard InChI is InChI=1S/C12H18FN3O2/c1-3-4-18-11-6-10(9(14)5-8(11)13)16-7-12(17)15-2/h5-6,16H,3-4,7,14H2,1-2H3,(H,15,17). The first kappa shape index (κ1) is 14.1. The molecule has 5 nitrogen and oxygen atoms in total. The summed E-state index contributed by atoms with van der Waals surface area (Å²) in [6.07, 6.45) is 0.783. The normalized spacial score (nSPS) is 9.94. The Morgan fingerprint density at radius 3 is 2.83 bits per heavy atom. The number of ether oxygens (including phenoxy) is 1. The minimum absolute atomic E-state index is 0.0690. The Morgan fingerprint density at radius 1 is 1.50 bits per heavy atom. The fourth-order valence-corrected chi connectivity index (χ4v) is 1.31. The number of amides is 1. The van der Waals surface area contributed by atoms with Crippen molar-refractivity contribution >= 4 is 17.3 Å². The molecule has 0 aliphatic carbocycles. The zero-order valence-electron chi connectivity index (χ0n) is 10.5. The number of hydrogen-bond acceptors (Lipinski definition) is 4. The van der Waals surface area contributed by atoms with Gasteiger partial charge in [-0.2, -0.15) is 0 Å². The van der Waals surface area contributed by atoms with Crippen molar-refractivity contribution in [2.24, 2.45) is 0 Å². The van der Waals surface area contributed by atoms with Gasteiger partial charge in [0.1, 0.15) is 0 Å². The lowest BCUT2D eigenvalue weighted by molar-refractivity contribution is -0.118. The highest BCUT2D eigenvalue weighted by Crippen LogP contribution is 2.28. The van der Waals surface area contributed by atoms with Crippen molar-refractivity contribution in [2.75, 3.05) is 31.2 Å². The first-order chi connectivity index (χ1) is 8.58. The summed E-state index contributed by atoms with van der Waals surface area (Å²) in [6.45, 7) is 2.43. The van der Waals surface area contributed by atoms with E-state index in [0.717, 1.165) is 6.42 Å². The predicted octanol–water partition coefficient (Wildman–Crippen LogP) is 1.35. The van der Waals surface area contributed by atoms with E-state index in [1.54, 1.807) is 0 Å². The Hall–Kier alpha value is -1.98. The molecule has 6 heteroatoms. The van der Waals surface area contributed by atoms with Gasteiger partial charge in [0.2, 0.25) is 5.91 Å². The Bertz CT molecular complexity index is 424. The first-order valence-corrected chi connectivity index (χ1v) is 5.74. The van der Waals surface area contributed by atoms with Gasteiger partial charge in [-0.1, -0.05) is 6.92 Å². The zero-order chi connectivity index (χ0) is 13.5. The lowest BCUT2D eigenvalue weighted by Crippen LogP contribution is -2.26. The molecule has 1 aromatic rings. The molecule has 0 bridgehead atoms. The second-order valence-electron chi connectivity index (χ2n) is 3.75. The molecule has 0 atom stereocenters. The highest BCUT2D eigenvalue weighted by molar-refractivity contribution is 5.82. The third kappa shape index (κ3) is 3.80. The zero-order valence-corrected chi connectivity index (χ0v) is 10.5. The van der Waals surface area contributed by atoms with Gasteiger partial charge in [-0.3, -0.25) is 4.79 Å². The number of halogens is 1. The summed E-state index contributed by atoms with van der Waals surface area (Å²) >= 11 is 0. The van der Waals surface area contributed by atoms with Gasteiger partial charge in [0, 0.05) is 19.2 Å². The fourth-order valence-electron chi connectivity index (χ4n) is 1.31. The minimum atomic E-state index is -0.508. The minimum Gasteiger partial charge on any atom is -0.490 e. The number of carbonyl (C=O) groups excluding carboxylic acids is 1. The molecule has 100 valence electrons. The molecule has 1 rings (SSSR count). The van der Waals surface area contributed by atoms with Crippen molar-refractivity contribution in [2.45, 2.75) is 13.3 Å². The number of likely N-dealkylation sites (N-methyl/N-ethyl adjacent to an activating group) is 1. The summed E-state index contributed by atoms with van der Waals surface area (Å²) in [5.41, 5.74) is 6.37. The van der Waals surface area contributed by atoms with Gasteiger partial charge in [-0.15, -0.1) is 0 Å². The summed E-state index contributed by atoms with van der Waals surface area (Å²) < 4.78 is 18.8. The van der Waals surface area contributed by atoms with E-state index >= 15 is 0 Å². The third-order valence-electron chi connectivity index (χ3n) is 2.28. The fraction of sp³-hybridized carbons (Fsp3) is 0.417. The highest BCUT2D eigenvalue weighted by atomic mass is 19.1. The van der Waals surface area contributed by atoms with E-state index in [1.807, 2.05) is 6.92 Å². The maximum Gasteiger partial charge on any atom is 0.239 e. The third-order valence-corrected chi connectivity index (χ3v) is 2.28. The van der Waals surface area contributed by atoms with Crippen LogP contribution in [0, 0.1) is 5.82 Å². The van der Waals surface area contributed by atoms with Crippen LogP contribution in [0.5, 0.6) is 5.75 Å². The van der Waals surface area contributed by atoms with E-state index in [2.05, 4.69) is 10.6 Å². The van der Waals surface area contributed by atoms with Crippen LogP contribution in [0.4, 0.5) is 15.8 Å². The molecule has 1 aromatic carbocycles. The average Bonchev–Trinajstić information content (AvgIpc) is 2.36. The van der Waals surface area contributed by atoms with E-state index < -0.39 is 5.82 Å². The molecule has 0 radical (unpaired) electrons. The highest BCUT2D eigenvalue weighted by Gasteiger charge is 2.09. The molecule has 0 fully saturated rings. The summed E-state index contributed by atoms with van der Waals surface area (Å²) in [4.78, 5) is 11.1. The number of rotatable bonds is 6. The molecular weight excluding hydrogens is 237 g/mol. The van der Waals surface area contributed by atoms with Crippen LogP contribution in [-0.4, -0.2) is 26.1 Å². The number of nitrogen functional groups attached to an aromatic ring is 1. The van der Waals surface area contributed by atoms with Crippen molar-refractivity contribution < 1.29 is 13.9 Å². The van der Waals surface area contributed by atoms with E-state index in [4.69, 9.17) is 10.5 Å². The second kappa shape index (κ2) is 6.68. The molecule has 0 unspecified atom stereocenters. The number of nitrogens with two attached hydrogens (primary N) is 1. The quantitative estimate of drug-likeness (QED) is 0.671. The van der Waals surface area contributed by atoms with Crippen LogP contribution in [0.15, 0.2) is 12.1 Å². The van der Waals surface area contributed by atoms with Crippen LogP contribution >= 0.6 is 0 Å². The maximum absolute atomic E-state index is 13.5. The van der Waals surface area contributed by atoms with Gasteiger partial charge >= 0.3 is 0 Å². The number of hydrogen-bond donors (Lipinski definition) is 3. The Labute approximate surface area is 106 Å². The molecular formula is C12H18FN3O2. The average molecular weight is 255 g/mol. The van der Waals surface area contributed by atoms with Crippen LogP contribution in [0.25, 0.3) is 0 Å². The van der Waals surface area contributed by atoms with E-state index in [1.165, 1.54) is 19.2 Å². The molecule has 18 heavy (non-hydrogen) atoms. The van der Waals surface area contributed by atoms with Crippen LogP contribution < -0.4 is 21.1 Å². The van der Waals surface area contributed by atoms with Crippen molar-refractivity contribution in [1.29, 1.82) is 0 Å². The van der Waals surface area contributed by atoms with Gasteiger partial charge in [-0.05, 0) is 6.42 Å². The Balaban J connectivity index is 2.80. The topological polar surface area (TPSA) is 76.4 Å². The van der Waals surface area contributed by atoms with E-state index in [0.29, 0.717) is 12.3 Å². The van der Waals surface area contributed by atoms with E-state index in [9.17, 15) is 9.18 Å². The SMILES string of the molecule is CCCOc1cc(NCC(=O)NC)c(N)cc1F. The summed E-state index contributed by atoms with van der Waals surface area (Å²) in [6, 6.07) is 2.64. The lowest BCUT2D eigenvalue weighted by Gasteiger charge is -2.12. The van der Waals surface area contributed by atoms with Crippen molar-refractivity contribution in [3.05, 3.63) is 17.9 Å². The maximum atomic E-state index is 13.5. The molecule has 0 aliphatic rings. The molecule has 0 aliphatic heterocycles. The van der Waals surface area contributed by atoms with E-state index in [-0.39, 0.29) is 23.9 Å². The van der Waals surface area contributed by atoms with Crippen LogP contribution in [0.2, 0.25) is 0 Å². The number of anilines is 2. The Morgan fingerprint density at radius 2 is 2.22 bits per heavy atom. The summed E-state index contributed by atoms with van der Waals surface area (Å²) in [7, 11) is 1.54. The molecule has 0 spiro atoms. The van der Waals surface area contributed by atoms with Gasteiger partial charge in [-0.25, -0.2) is 4.39 Å². The smallest absolute Gasteiger partial charge is 0.239 e. The second-order valence-corrected chi connectivity index (χ2v) is 3.75. The molecule has 1 amide bonds. The first-order valence-electron chi connectivity index (χ1n) is 5.74. The molecule has 0 heterocycles. The molecule has 0 saturated carbocycles. The van der Waals surface area contributed by atoms with Gasteiger partial charge in [0.05, 0.1) is 24.5 Å². The lowest BCUT2D eigenvalue weighted by atomic mass is 10.2. The number of benzene rings is 1.